The van der Waals surface area contributed by atoms with E-state index in [2.05, 4.69) is 6.07 Å². The Morgan fingerprint density at radius 2 is 1.84 bits per heavy atom. The van der Waals surface area contributed by atoms with Crippen LogP contribution in [0, 0.1) is 23.0 Å². The minimum atomic E-state index is -0.885. The van der Waals surface area contributed by atoms with Crippen LogP contribution in [0.15, 0.2) is 60.2 Å². The largest absolute Gasteiger partial charge is 0.423 e. The molecule has 1 aliphatic carbocycles. The SMILES string of the molecule is N#CC1=CC=C(c2ccc(OC(=O)c3ccccc3F)cc2F)CC1. The lowest BCUT2D eigenvalue weighted by Gasteiger charge is -2.13. The lowest BCUT2D eigenvalue weighted by atomic mass is 9.93. The number of carbonyl (C=O) groups is 1. The van der Waals surface area contributed by atoms with Gasteiger partial charge < -0.3 is 4.74 Å². The highest BCUT2D eigenvalue weighted by Gasteiger charge is 2.16. The van der Waals surface area contributed by atoms with Gasteiger partial charge in [0.2, 0.25) is 0 Å². The zero-order valence-electron chi connectivity index (χ0n) is 13.1. The van der Waals surface area contributed by atoms with Crippen LogP contribution in [0.4, 0.5) is 8.78 Å². The predicted molar refractivity (Wildman–Crippen MR) is 88.7 cm³/mol. The van der Waals surface area contributed by atoms with Gasteiger partial charge in [-0.1, -0.05) is 18.2 Å². The molecule has 0 saturated carbocycles. The number of hydrogen-bond donors (Lipinski definition) is 0. The number of allylic oxidation sites excluding steroid dienone is 4. The summed E-state index contributed by atoms with van der Waals surface area (Å²) in [6.45, 7) is 0. The normalized spacial score (nSPS) is 13.5. The van der Waals surface area contributed by atoms with Crippen LogP contribution >= 0.6 is 0 Å². The van der Waals surface area contributed by atoms with Gasteiger partial charge >= 0.3 is 5.97 Å². The third kappa shape index (κ3) is 3.64. The lowest BCUT2D eigenvalue weighted by Crippen LogP contribution is -2.10. The zero-order valence-corrected chi connectivity index (χ0v) is 13.1. The monoisotopic (exact) mass is 337 g/mol. The molecule has 2 aromatic rings. The Balaban J connectivity index is 1.80. The van der Waals surface area contributed by atoms with E-state index in [0.717, 1.165) is 17.7 Å². The van der Waals surface area contributed by atoms with Crippen LogP contribution < -0.4 is 4.74 Å². The Kier molecular flexibility index (Phi) is 4.71. The molecule has 0 bridgehead atoms. The fourth-order valence-electron chi connectivity index (χ4n) is 2.56. The highest BCUT2D eigenvalue weighted by molar-refractivity contribution is 5.91. The summed E-state index contributed by atoms with van der Waals surface area (Å²) in [5, 5.41) is 8.84. The summed E-state index contributed by atoms with van der Waals surface area (Å²) >= 11 is 0. The zero-order chi connectivity index (χ0) is 17.8. The second-order valence-corrected chi connectivity index (χ2v) is 5.51. The molecule has 5 heteroatoms. The van der Waals surface area contributed by atoms with Gasteiger partial charge in [0.1, 0.15) is 17.4 Å². The van der Waals surface area contributed by atoms with Gasteiger partial charge in [-0.15, -0.1) is 0 Å². The highest BCUT2D eigenvalue weighted by atomic mass is 19.1. The standard InChI is InChI=1S/C20H13F2NO2/c21-18-4-2-1-3-17(18)20(24)25-15-9-10-16(19(22)11-15)14-7-5-13(12-23)6-8-14/h1-5,7,9-11H,6,8H2. The van der Waals surface area contributed by atoms with Crippen molar-refractivity contribution in [3.05, 3.63) is 83.0 Å². The molecule has 0 saturated heterocycles. The predicted octanol–water partition coefficient (Wildman–Crippen LogP) is 4.81. The molecule has 0 amide bonds. The van der Waals surface area contributed by atoms with Gasteiger partial charge in [-0.05, 0) is 48.8 Å². The Bertz CT molecular complexity index is 939. The molecule has 0 aromatic heterocycles. The highest BCUT2D eigenvalue weighted by Crippen LogP contribution is 2.30. The number of ether oxygens (including phenoxy) is 1. The van der Waals surface area contributed by atoms with Crippen molar-refractivity contribution in [1.29, 1.82) is 5.26 Å². The average molecular weight is 337 g/mol. The molecule has 0 spiro atoms. The summed E-state index contributed by atoms with van der Waals surface area (Å²) in [6, 6.07) is 11.6. The molecular formula is C20H13F2NO2. The van der Waals surface area contributed by atoms with E-state index in [1.807, 2.05) is 0 Å². The van der Waals surface area contributed by atoms with Crippen LogP contribution in [0.2, 0.25) is 0 Å². The first kappa shape index (κ1) is 16.6. The van der Waals surface area contributed by atoms with Gasteiger partial charge in [0.25, 0.3) is 0 Å². The van der Waals surface area contributed by atoms with E-state index < -0.39 is 17.6 Å². The average Bonchev–Trinajstić information content (AvgIpc) is 2.62. The molecule has 0 fully saturated rings. The number of hydrogen-bond acceptors (Lipinski definition) is 3. The smallest absolute Gasteiger partial charge is 0.346 e. The molecule has 0 radical (unpaired) electrons. The van der Waals surface area contributed by atoms with Crippen LogP contribution in [0.1, 0.15) is 28.8 Å². The van der Waals surface area contributed by atoms with Gasteiger partial charge in [-0.25, -0.2) is 13.6 Å². The van der Waals surface area contributed by atoms with E-state index in [1.54, 1.807) is 12.2 Å². The van der Waals surface area contributed by atoms with E-state index in [1.165, 1.54) is 30.3 Å². The number of benzene rings is 2. The number of carbonyl (C=O) groups excluding carboxylic acids is 1. The summed E-state index contributed by atoms with van der Waals surface area (Å²) in [5.41, 5.74) is 1.60. The Morgan fingerprint density at radius 1 is 1.04 bits per heavy atom. The first-order valence-corrected chi connectivity index (χ1v) is 7.65. The van der Waals surface area contributed by atoms with Crippen LogP contribution in [0.5, 0.6) is 5.75 Å². The maximum absolute atomic E-state index is 14.4. The van der Waals surface area contributed by atoms with Gasteiger partial charge in [0.05, 0.1) is 11.6 Å². The molecule has 3 rings (SSSR count). The Labute approximate surface area is 143 Å². The molecule has 124 valence electrons. The summed E-state index contributed by atoms with van der Waals surface area (Å²) in [4.78, 5) is 12.0. The summed E-state index contributed by atoms with van der Waals surface area (Å²) in [6.07, 6.45) is 4.51. The molecule has 3 nitrogen and oxygen atoms in total. The minimum Gasteiger partial charge on any atom is -0.423 e. The maximum Gasteiger partial charge on any atom is 0.346 e. The third-order valence-corrected chi connectivity index (χ3v) is 3.88. The lowest BCUT2D eigenvalue weighted by molar-refractivity contribution is 0.0729. The van der Waals surface area contributed by atoms with Crippen LogP contribution in [0.25, 0.3) is 5.57 Å². The number of nitrogens with zero attached hydrogens (tertiary/aromatic N) is 1. The van der Waals surface area contributed by atoms with Gasteiger partial charge in [-0.2, -0.15) is 5.26 Å². The molecule has 25 heavy (non-hydrogen) atoms. The Hall–Kier alpha value is -3.26. The summed E-state index contributed by atoms with van der Waals surface area (Å²) < 4.78 is 33.0. The van der Waals surface area contributed by atoms with Crippen molar-refractivity contribution in [2.45, 2.75) is 12.8 Å². The number of halogens is 2. The van der Waals surface area contributed by atoms with Crippen molar-refractivity contribution < 1.29 is 18.3 Å². The first-order chi connectivity index (χ1) is 12.1. The number of esters is 1. The minimum absolute atomic E-state index is 0.000770. The molecule has 0 unspecified atom stereocenters. The molecule has 0 atom stereocenters. The third-order valence-electron chi connectivity index (χ3n) is 3.88. The van der Waals surface area contributed by atoms with Crippen molar-refractivity contribution in [2.75, 3.05) is 0 Å². The molecule has 0 aliphatic heterocycles. The van der Waals surface area contributed by atoms with Crippen LogP contribution in [0.3, 0.4) is 0 Å². The molecule has 0 heterocycles. The number of rotatable bonds is 3. The van der Waals surface area contributed by atoms with E-state index >= 15 is 0 Å². The van der Waals surface area contributed by atoms with Gasteiger partial charge in [-0.3, -0.25) is 0 Å². The van der Waals surface area contributed by atoms with E-state index in [-0.39, 0.29) is 11.3 Å². The number of nitriles is 1. The van der Waals surface area contributed by atoms with E-state index in [0.29, 0.717) is 24.0 Å². The molecule has 1 aliphatic rings. The van der Waals surface area contributed by atoms with Crippen molar-refractivity contribution in [3.63, 3.8) is 0 Å². The van der Waals surface area contributed by atoms with Gasteiger partial charge in [0.15, 0.2) is 0 Å². The Morgan fingerprint density at radius 3 is 2.48 bits per heavy atom. The second-order valence-electron chi connectivity index (χ2n) is 5.51. The van der Waals surface area contributed by atoms with Crippen molar-refractivity contribution >= 4 is 11.5 Å². The molecule has 0 N–H and O–H groups in total. The maximum atomic E-state index is 14.4. The molecular weight excluding hydrogens is 324 g/mol. The van der Waals surface area contributed by atoms with Gasteiger partial charge in [0, 0.05) is 17.2 Å². The van der Waals surface area contributed by atoms with Crippen LogP contribution in [-0.4, -0.2) is 5.97 Å². The van der Waals surface area contributed by atoms with Crippen molar-refractivity contribution in [2.24, 2.45) is 0 Å². The first-order valence-electron chi connectivity index (χ1n) is 7.65. The molecule has 2 aromatic carbocycles. The summed E-state index contributed by atoms with van der Waals surface area (Å²) in [7, 11) is 0. The fourth-order valence-corrected chi connectivity index (χ4v) is 2.56. The van der Waals surface area contributed by atoms with E-state index in [4.69, 9.17) is 10.00 Å². The van der Waals surface area contributed by atoms with Crippen molar-refractivity contribution in [1.82, 2.24) is 0 Å². The van der Waals surface area contributed by atoms with Crippen LogP contribution in [-0.2, 0) is 0 Å². The van der Waals surface area contributed by atoms with E-state index in [9.17, 15) is 13.6 Å². The quantitative estimate of drug-likeness (QED) is 0.596. The topological polar surface area (TPSA) is 50.1 Å². The fraction of sp³-hybridized carbons (Fsp3) is 0.100. The van der Waals surface area contributed by atoms with Crippen molar-refractivity contribution in [3.8, 4) is 11.8 Å². The summed E-state index contributed by atoms with van der Waals surface area (Å²) in [5.74, 6) is -2.13. The second kappa shape index (κ2) is 7.10.